The summed E-state index contributed by atoms with van der Waals surface area (Å²) in [4.78, 5) is 23.5. The second-order valence-electron chi connectivity index (χ2n) is 5.88. The van der Waals surface area contributed by atoms with Crippen LogP contribution in [0.25, 0.3) is 0 Å². The van der Waals surface area contributed by atoms with Crippen molar-refractivity contribution >= 4 is 11.9 Å². The van der Waals surface area contributed by atoms with Crippen molar-refractivity contribution in [3.8, 4) is 11.5 Å². The summed E-state index contributed by atoms with van der Waals surface area (Å²) >= 11 is 0. The fraction of sp³-hybridized carbons (Fsp3) is 0.529. The molecule has 0 fully saturated rings. The van der Waals surface area contributed by atoms with Gasteiger partial charge < -0.3 is 19.9 Å². The zero-order valence-corrected chi connectivity index (χ0v) is 14.3. The quantitative estimate of drug-likeness (QED) is 0.768. The van der Waals surface area contributed by atoms with Gasteiger partial charge in [-0.25, -0.2) is 0 Å². The summed E-state index contributed by atoms with van der Waals surface area (Å²) in [6.07, 6.45) is 0.510. The van der Waals surface area contributed by atoms with Crippen molar-refractivity contribution in [3.05, 3.63) is 23.3 Å². The molecule has 0 saturated carbocycles. The molecule has 1 aromatic carbocycles. The first kappa shape index (κ1) is 18.8. The summed E-state index contributed by atoms with van der Waals surface area (Å²) in [5, 5.41) is 11.9. The van der Waals surface area contributed by atoms with Crippen LogP contribution in [0.5, 0.6) is 11.5 Å². The molecule has 23 heavy (non-hydrogen) atoms. The Balaban J connectivity index is 2.87. The van der Waals surface area contributed by atoms with Gasteiger partial charge in [-0.3, -0.25) is 9.59 Å². The van der Waals surface area contributed by atoms with Gasteiger partial charge in [-0.2, -0.15) is 0 Å². The first-order valence-corrected chi connectivity index (χ1v) is 7.53. The Morgan fingerprint density at radius 3 is 2.09 bits per heavy atom. The lowest BCUT2D eigenvalue weighted by Gasteiger charge is -2.16. The fourth-order valence-corrected chi connectivity index (χ4v) is 2.38. The highest BCUT2D eigenvalue weighted by Gasteiger charge is 2.21. The maximum Gasteiger partial charge on any atom is 0.308 e. The Bertz CT molecular complexity index is 543. The van der Waals surface area contributed by atoms with Crippen LogP contribution in [-0.4, -0.2) is 37.7 Å². The minimum atomic E-state index is -0.905. The third-order valence-electron chi connectivity index (χ3n) is 3.63. The number of nitrogens with one attached hydrogen (secondary N) is 1. The van der Waals surface area contributed by atoms with Gasteiger partial charge in [0.25, 0.3) is 5.91 Å². The number of ether oxygens (including phenoxy) is 2. The lowest BCUT2D eigenvalue weighted by atomic mass is 9.97. The van der Waals surface area contributed by atoms with Crippen LogP contribution in [0.3, 0.4) is 0 Å². The zero-order valence-electron chi connectivity index (χ0n) is 14.3. The van der Waals surface area contributed by atoms with Gasteiger partial charge in [-0.1, -0.05) is 13.8 Å². The molecule has 0 saturated heterocycles. The lowest BCUT2D eigenvalue weighted by Crippen LogP contribution is -2.33. The largest absolute Gasteiger partial charge is 0.496 e. The molecule has 0 aliphatic rings. The van der Waals surface area contributed by atoms with E-state index in [9.17, 15) is 14.7 Å². The molecule has 0 bridgehead atoms. The van der Waals surface area contributed by atoms with Crippen molar-refractivity contribution in [2.24, 2.45) is 11.8 Å². The van der Waals surface area contributed by atoms with E-state index in [0.29, 0.717) is 23.5 Å². The number of aliphatic carboxylic acids is 1. The van der Waals surface area contributed by atoms with Crippen LogP contribution in [0.15, 0.2) is 12.1 Å². The number of benzene rings is 1. The third kappa shape index (κ3) is 5.16. The van der Waals surface area contributed by atoms with E-state index in [4.69, 9.17) is 9.47 Å². The van der Waals surface area contributed by atoms with Crippen LogP contribution in [0.4, 0.5) is 0 Å². The van der Waals surface area contributed by atoms with Crippen LogP contribution >= 0.6 is 0 Å². The van der Waals surface area contributed by atoms with Crippen molar-refractivity contribution in [2.45, 2.75) is 27.2 Å². The third-order valence-corrected chi connectivity index (χ3v) is 3.63. The minimum absolute atomic E-state index is 0.0881. The molecular formula is C17H25NO5. The summed E-state index contributed by atoms with van der Waals surface area (Å²) < 4.78 is 10.5. The molecule has 0 aliphatic heterocycles. The summed E-state index contributed by atoms with van der Waals surface area (Å²) in [5.41, 5.74) is 1.17. The first-order valence-electron chi connectivity index (χ1n) is 7.53. The fourth-order valence-electron chi connectivity index (χ4n) is 2.38. The lowest BCUT2D eigenvalue weighted by molar-refractivity contribution is -0.142. The van der Waals surface area contributed by atoms with E-state index in [1.807, 2.05) is 20.8 Å². The SMILES string of the molecule is COc1cc(C(=O)NCC(CC(C)C)C(=O)O)cc(OC)c1C. The van der Waals surface area contributed by atoms with E-state index in [2.05, 4.69) is 5.32 Å². The highest BCUT2D eigenvalue weighted by molar-refractivity contribution is 5.95. The van der Waals surface area contributed by atoms with Gasteiger partial charge in [0.05, 0.1) is 20.1 Å². The Kier molecular flexibility index (Phi) is 6.88. The highest BCUT2D eigenvalue weighted by Crippen LogP contribution is 2.29. The molecule has 0 aliphatic carbocycles. The normalized spacial score (nSPS) is 11.9. The van der Waals surface area contributed by atoms with Crippen LogP contribution in [0.2, 0.25) is 0 Å². The van der Waals surface area contributed by atoms with Gasteiger partial charge in [-0.15, -0.1) is 0 Å². The van der Waals surface area contributed by atoms with E-state index in [1.54, 1.807) is 12.1 Å². The average molecular weight is 323 g/mol. The van der Waals surface area contributed by atoms with Gasteiger partial charge in [0.15, 0.2) is 0 Å². The highest BCUT2D eigenvalue weighted by atomic mass is 16.5. The molecule has 128 valence electrons. The molecule has 1 aromatic rings. The number of hydrogen-bond acceptors (Lipinski definition) is 4. The summed E-state index contributed by atoms with van der Waals surface area (Å²) in [5.74, 6) is -0.520. The molecule has 1 atom stereocenters. The number of amides is 1. The number of carboxylic acid groups (broad SMARTS) is 1. The van der Waals surface area contributed by atoms with Crippen molar-refractivity contribution in [3.63, 3.8) is 0 Å². The maximum atomic E-state index is 12.3. The van der Waals surface area contributed by atoms with Crippen molar-refractivity contribution in [1.82, 2.24) is 5.32 Å². The van der Waals surface area contributed by atoms with Crippen molar-refractivity contribution in [2.75, 3.05) is 20.8 Å². The predicted molar refractivity (Wildman–Crippen MR) is 87.2 cm³/mol. The molecule has 1 rings (SSSR count). The molecule has 6 heteroatoms. The van der Waals surface area contributed by atoms with E-state index in [0.717, 1.165) is 5.56 Å². The topological polar surface area (TPSA) is 84.9 Å². The Labute approximate surface area is 136 Å². The zero-order chi connectivity index (χ0) is 17.6. The van der Waals surface area contributed by atoms with Gasteiger partial charge in [0.1, 0.15) is 11.5 Å². The number of methoxy groups -OCH3 is 2. The number of carbonyl (C=O) groups is 2. The number of rotatable bonds is 8. The van der Waals surface area contributed by atoms with Crippen LogP contribution in [0.1, 0.15) is 36.2 Å². The molecule has 0 aromatic heterocycles. The van der Waals surface area contributed by atoms with Crippen LogP contribution in [-0.2, 0) is 4.79 Å². The second kappa shape index (κ2) is 8.41. The maximum absolute atomic E-state index is 12.3. The van der Waals surface area contributed by atoms with Crippen LogP contribution < -0.4 is 14.8 Å². The molecule has 0 radical (unpaired) electrons. The summed E-state index contributed by atoms with van der Waals surface area (Å²) in [7, 11) is 3.04. The number of hydrogen-bond donors (Lipinski definition) is 2. The second-order valence-corrected chi connectivity index (χ2v) is 5.88. The minimum Gasteiger partial charge on any atom is -0.496 e. The molecule has 0 spiro atoms. The van der Waals surface area contributed by atoms with Crippen molar-refractivity contribution in [1.29, 1.82) is 0 Å². The average Bonchev–Trinajstić information content (AvgIpc) is 2.50. The number of carboxylic acids is 1. The Morgan fingerprint density at radius 2 is 1.70 bits per heavy atom. The van der Waals surface area contributed by atoms with E-state index in [-0.39, 0.29) is 18.4 Å². The van der Waals surface area contributed by atoms with Gasteiger partial charge >= 0.3 is 5.97 Å². The Morgan fingerprint density at radius 1 is 1.17 bits per heavy atom. The van der Waals surface area contributed by atoms with Gasteiger partial charge in [-0.05, 0) is 31.4 Å². The molecular weight excluding hydrogens is 298 g/mol. The summed E-state index contributed by atoms with van der Waals surface area (Å²) in [6.45, 7) is 5.83. The summed E-state index contributed by atoms with van der Waals surface area (Å²) in [6, 6.07) is 3.23. The molecule has 1 amide bonds. The van der Waals surface area contributed by atoms with Crippen LogP contribution in [0, 0.1) is 18.8 Å². The van der Waals surface area contributed by atoms with E-state index >= 15 is 0 Å². The molecule has 2 N–H and O–H groups in total. The standard InChI is InChI=1S/C17H25NO5/c1-10(2)6-13(17(20)21)9-18-16(19)12-7-14(22-4)11(3)15(8-12)23-5/h7-8,10,13H,6,9H2,1-5H3,(H,18,19)(H,20,21). The van der Waals surface area contributed by atoms with Crippen molar-refractivity contribution < 1.29 is 24.2 Å². The molecule has 1 unspecified atom stereocenters. The van der Waals surface area contributed by atoms with E-state index < -0.39 is 11.9 Å². The van der Waals surface area contributed by atoms with Gasteiger partial charge in [0.2, 0.25) is 0 Å². The number of carbonyl (C=O) groups excluding carboxylic acids is 1. The van der Waals surface area contributed by atoms with Gasteiger partial charge in [0, 0.05) is 17.7 Å². The smallest absolute Gasteiger partial charge is 0.308 e. The Hall–Kier alpha value is -2.24. The monoisotopic (exact) mass is 323 g/mol. The molecule has 6 nitrogen and oxygen atoms in total. The predicted octanol–water partition coefficient (Wildman–Crippen LogP) is 2.49. The molecule has 0 heterocycles. The first-order chi connectivity index (χ1) is 10.8. The van der Waals surface area contributed by atoms with E-state index in [1.165, 1.54) is 14.2 Å².